The molecular weight excluding hydrogens is 416 g/mol. The molecule has 1 fully saturated rings. The predicted molar refractivity (Wildman–Crippen MR) is 134 cm³/mol. The Morgan fingerprint density at radius 2 is 1.94 bits per heavy atom. The Bertz CT molecular complexity index is 1050. The van der Waals surface area contributed by atoms with Gasteiger partial charge in [0.15, 0.2) is 0 Å². The van der Waals surface area contributed by atoms with E-state index in [4.69, 9.17) is 4.74 Å². The van der Waals surface area contributed by atoms with Crippen molar-refractivity contribution in [1.82, 2.24) is 20.1 Å². The van der Waals surface area contributed by atoms with E-state index in [1.54, 1.807) is 4.90 Å². The maximum Gasteiger partial charge on any atom is 0.410 e. The zero-order valence-corrected chi connectivity index (χ0v) is 21.3. The second kappa shape index (κ2) is 10.3. The van der Waals surface area contributed by atoms with Crippen molar-refractivity contribution in [3.8, 4) is 0 Å². The number of aromatic amines is 1. The third kappa shape index (κ3) is 6.15. The topological polar surface area (TPSA) is 77.7 Å². The summed E-state index contributed by atoms with van der Waals surface area (Å²) in [5, 5.41) is 4.52. The van der Waals surface area contributed by atoms with Gasteiger partial charge in [-0.05, 0) is 88.3 Å². The quantitative estimate of drug-likeness (QED) is 0.656. The first-order chi connectivity index (χ1) is 15.5. The van der Waals surface area contributed by atoms with Crippen LogP contribution >= 0.6 is 0 Å². The van der Waals surface area contributed by atoms with Gasteiger partial charge in [-0.15, -0.1) is 0 Å². The van der Waals surface area contributed by atoms with Gasteiger partial charge < -0.3 is 19.9 Å². The van der Waals surface area contributed by atoms with E-state index < -0.39 is 5.60 Å². The molecule has 2 N–H and O–H groups in total. The second-order valence-electron chi connectivity index (χ2n) is 10.1. The van der Waals surface area contributed by atoms with Crippen molar-refractivity contribution in [1.29, 1.82) is 0 Å². The maximum atomic E-state index is 12.9. The molecule has 1 saturated heterocycles. The Labute approximate surface area is 197 Å². The molecule has 0 spiro atoms. The number of ether oxygens (including phenoxy) is 1. The molecule has 0 bridgehead atoms. The standard InChI is InChI=1S/C26H40N4O3/c1-8-29(9-2)16-22-17(3)12-19-13-20(24(31)28-23(19)18(22)4)14-27-21-10-11-30(15-21)25(32)33-26(5,6)7/h12-13,21,27H,8-11,14-16H2,1-7H3,(H,28,31). The average Bonchev–Trinajstić information content (AvgIpc) is 3.21. The lowest BCUT2D eigenvalue weighted by Gasteiger charge is -2.24. The molecule has 2 heterocycles. The minimum Gasteiger partial charge on any atom is -0.444 e. The first kappa shape index (κ1) is 25.2. The number of H-pyrrole nitrogens is 1. The number of hydrogen-bond donors (Lipinski definition) is 2. The molecule has 1 aromatic carbocycles. The first-order valence-corrected chi connectivity index (χ1v) is 12.1. The van der Waals surface area contributed by atoms with Gasteiger partial charge in [-0.1, -0.05) is 13.8 Å². The highest BCUT2D eigenvalue weighted by Gasteiger charge is 2.29. The largest absolute Gasteiger partial charge is 0.444 e. The number of carbonyl (C=O) groups is 1. The highest BCUT2D eigenvalue weighted by atomic mass is 16.6. The Morgan fingerprint density at radius 3 is 2.58 bits per heavy atom. The van der Waals surface area contributed by atoms with Gasteiger partial charge in [0.1, 0.15) is 5.60 Å². The number of nitrogens with zero attached hydrogens (tertiary/aromatic N) is 2. The number of carbonyl (C=O) groups excluding carboxylic acids is 1. The smallest absolute Gasteiger partial charge is 0.410 e. The average molecular weight is 457 g/mol. The molecular formula is C26H40N4O3. The van der Waals surface area contributed by atoms with E-state index in [1.165, 1.54) is 11.1 Å². The zero-order valence-electron chi connectivity index (χ0n) is 21.3. The van der Waals surface area contributed by atoms with E-state index in [9.17, 15) is 9.59 Å². The minimum absolute atomic E-state index is 0.0577. The van der Waals surface area contributed by atoms with Gasteiger partial charge in [0.25, 0.3) is 5.56 Å². The molecule has 7 nitrogen and oxygen atoms in total. The molecule has 1 aliphatic rings. The van der Waals surface area contributed by atoms with Crippen LogP contribution in [0.5, 0.6) is 0 Å². The molecule has 3 rings (SSSR count). The van der Waals surface area contributed by atoms with E-state index in [2.05, 4.69) is 49.0 Å². The van der Waals surface area contributed by atoms with E-state index >= 15 is 0 Å². The number of likely N-dealkylation sites (tertiary alicyclic amines) is 1. The third-order valence-electron chi connectivity index (χ3n) is 6.52. The van der Waals surface area contributed by atoms with Crippen LogP contribution in [0.25, 0.3) is 10.9 Å². The summed E-state index contributed by atoms with van der Waals surface area (Å²) in [6.07, 6.45) is 0.569. The van der Waals surface area contributed by atoms with Crippen molar-refractivity contribution in [2.75, 3.05) is 26.2 Å². The highest BCUT2D eigenvalue weighted by molar-refractivity contribution is 5.84. The van der Waals surface area contributed by atoms with Crippen LogP contribution in [-0.2, 0) is 17.8 Å². The van der Waals surface area contributed by atoms with E-state index in [-0.39, 0.29) is 17.7 Å². The monoisotopic (exact) mass is 456 g/mol. The van der Waals surface area contributed by atoms with E-state index in [1.807, 2.05) is 26.8 Å². The molecule has 0 aliphatic carbocycles. The van der Waals surface area contributed by atoms with Gasteiger partial charge in [-0.3, -0.25) is 9.69 Å². The Morgan fingerprint density at radius 1 is 1.24 bits per heavy atom. The van der Waals surface area contributed by atoms with Crippen LogP contribution in [0.15, 0.2) is 16.9 Å². The summed E-state index contributed by atoms with van der Waals surface area (Å²) >= 11 is 0. The maximum absolute atomic E-state index is 12.9. The fraction of sp³-hybridized carbons (Fsp3) is 0.615. The molecule has 33 heavy (non-hydrogen) atoms. The van der Waals surface area contributed by atoms with Crippen LogP contribution in [0, 0.1) is 13.8 Å². The molecule has 0 saturated carbocycles. The number of benzene rings is 1. The van der Waals surface area contributed by atoms with Crippen molar-refractivity contribution in [2.24, 2.45) is 0 Å². The molecule has 1 atom stereocenters. The normalized spacial score (nSPS) is 16.7. The number of aryl methyl sites for hydroxylation is 2. The predicted octanol–water partition coefficient (Wildman–Crippen LogP) is 4.09. The molecule has 182 valence electrons. The number of fused-ring (bicyclic) bond motifs is 1. The summed E-state index contributed by atoms with van der Waals surface area (Å²) in [7, 11) is 0. The summed E-state index contributed by atoms with van der Waals surface area (Å²) in [6.45, 7) is 18.8. The summed E-state index contributed by atoms with van der Waals surface area (Å²) in [6, 6.07) is 4.33. The van der Waals surface area contributed by atoms with Gasteiger partial charge in [-0.25, -0.2) is 4.79 Å². The van der Waals surface area contributed by atoms with Gasteiger partial charge in [0.05, 0.1) is 5.52 Å². The lowest BCUT2D eigenvalue weighted by atomic mass is 9.97. The summed E-state index contributed by atoms with van der Waals surface area (Å²) in [4.78, 5) is 32.4. The summed E-state index contributed by atoms with van der Waals surface area (Å²) in [5.41, 5.74) is 4.78. The fourth-order valence-electron chi connectivity index (χ4n) is 4.50. The molecule has 0 radical (unpaired) electrons. The molecule has 7 heteroatoms. The van der Waals surface area contributed by atoms with Crippen LogP contribution in [0.1, 0.15) is 63.3 Å². The van der Waals surface area contributed by atoms with Crippen LogP contribution in [0.4, 0.5) is 4.79 Å². The molecule has 1 aromatic heterocycles. The molecule has 2 aromatic rings. The number of amides is 1. The van der Waals surface area contributed by atoms with Crippen molar-refractivity contribution in [2.45, 2.75) is 79.6 Å². The van der Waals surface area contributed by atoms with Gasteiger partial charge in [0.2, 0.25) is 0 Å². The lowest BCUT2D eigenvalue weighted by Crippen LogP contribution is -2.38. The van der Waals surface area contributed by atoms with Gasteiger partial charge in [0, 0.05) is 37.8 Å². The summed E-state index contributed by atoms with van der Waals surface area (Å²) < 4.78 is 5.47. The second-order valence-corrected chi connectivity index (χ2v) is 10.1. The van der Waals surface area contributed by atoms with Crippen molar-refractivity contribution in [3.63, 3.8) is 0 Å². The fourth-order valence-corrected chi connectivity index (χ4v) is 4.50. The minimum atomic E-state index is -0.498. The molecule has 1 unspecified atom stereocenters. The lowest BCUT2D eigenvalue weighted by molar-refractivity contribution is 0.0291. The molecule has 1 amide bonds. The number of nitrogens with one attached hydrogen (secondary N) is 2. The van der Waals surface area contributed by atoms with Crippen LogP contribution in [0.2, 0.25) is 0 Å². The van der Waals surface area contributed by atoms with Crippen LogP contribution in [0.3, 0.4) is 0 Å². The third-order valence-corrected chi connectivity index (χ3v) is 6.52. The van der Waals surface area contributed by atoms with Crippen molar-refractivity contribution >= 4 is 17.0 Å². The van der Waals surface area contributed by atoms with Gasteiger partial charge in [-0.2, -0.15) is 0 Å². The van der Waals surface area contributed by atoms with E-state index in [0.29, 0.717) is 25.2 Å². The molecule has 1 aliphatic heterocycles. The SMILES string of the molecule is CCN(CC)Cc1c(C)cc2cc(CNC3CCN(C(=O)OC(C)(C)C)C3)c(=O)[nH]c2c1C. The van der Waals surface area contributed by atoms with Crippen LogP contribution in [-0.4, -0.2) is 58.7 Å². The van der Waals surface area contributed by atoms with Crippen molar-refractivity contribution < 1.29 is 9.53 Å². The van der Waals surface area contributed by atoms with Gasteiger partial charge >= 0.3 is 6.09 Å². The van der Waals surface area contributed by atoms with Crippen LogP contribution < -0.4 is 10.9 Å². The number of pyridine rings is 1. The summed E-state index contributed by atoms with van der Waals surface area (Å²) in [5.74, 6) is 0. The Balaban J connectivity index is 1.72. The number of hydrogen-bond acceptors (Lipinski definition) is 5. The first-order valence-electron chi connectivity index (χ1n) is 12.1. The van der Waals surface area contributed by atoms with Crippen molar-refractivity contribution in [3.05, 3.63) is 44.7 Å². The highest BCUT2D eigenvalue weighted by Crippen LogP contribution is 2.25. The van der Waals surface area contributed by atoms with E-state index in [0.717, 1.165) is 42.5 Å². The number of rotatable bonds is 7. The zero-order chi connectivity index (χ0) is 24.3. The number of aromatic nitrogens is 1. The Hall–Kier alpha value is -2.38. The Kier molecular flexibility index (Phi) is 7.85.